The quantitative estimate of drug-likeness (QED) is 0.285. The fourth-order valence-corrected chi connectivity index (χ4v) is 3.26. The van der Waals surface area contributed by atoms with E-state index in [-0.39, 0.29) is 10.0 Å². The minimum Gasteiger partial charge on any atom is -0.449 e. The van der Waals surface area contributed by atoms with Crippen LogP contribution in [0.5, 0.6) is 0 Å². The summed E-state index contributed by atoms with van der Waals surface area (Å²) in [4.78, 5) is 33.6. The summed E-state index contributed by atoms with van der Waals surface area (Å²) >= 11 is 2.85. The minimum atomic E-state index is -0.915. The average Bonchev–Trinajstić information content (AvgIpc) is 2.72. The standard InChI is InChI=1S/C20H13BrN2O6/c21-18-16(22(25)26)11-15(12-17(18)23(27)28)20(24)29-19(13-7-3-1-4-8-13)14-9-5-2-6-10-14/h1-12,19H. The van der Waals surface area contributed by atoms with E-state index in [1.807, 2.05) is 12.1 Å². The highest BCUT2D eigenvalue weighted by molar-refractivity contribution is 9.10. The molecule has 9 heteroatoms. The molecule has 146 valence electrons. The van der Waals surface area contributed by atoms with Gasteiger partial charge in [0.2, 0.25) is 0 Å². The maximum Gasteiger partial charge on any atom is 0.339 e. The number of nitrogens with zero attached hydrogens (tertiary/aromatic N) is 2. The molecule has 0 aliphatic carbocycles. The number of benzene rings is 3. The van der Waals surface area contributed by atoms with Crippen molar-refractivity contribution in [2.75, 3.05) is 0 Å². The number of ether oxygens (including phenoxy) is 1. The second-order valence-electron chi connectivity index (χ2n) is 5.95. The molecule has 0 heterocycles. The smallest absolute Gasteiger partial charge is 0.339 e. The first-order chi connectivity index (χ1) is 13.9. The summed E-state index contributed by atoms with van der Waals surface area (Å²) in [6, 6.07) is 19.8. The van der Waals surface area contributed by atoms with Crippen LogP contribution >= 0.6 is 15.9 Å². The third-order valence-electron chi connectivity index (χ3n) is 4.09. The molecule has 0 saturated carbocycles. The third kappa shape index (κ3) is 4.46. The molecule has 0 amide bonds. The summed E-state index contributed by atoms with van der Waals surface area (Å²) in [7, 11) is 0. The molecular weight excluding hydrogens is 444 g/mol. The van der Waals surface area contributed by atoms with E-state index in [2.05, 4.69) is 15.9 Å². The highest BCUT2D eigenvalue weighted by Crippen LogP contribution is 2.36. The number of rotatable bonds is 6. The summed E-state index contributed by atoms with van der Waals surface area (Å²) < 4.78 is 5.31. The van der Waals surface area contributed by atoms with E-state index >= 15 is 0 Å². The number of esters is 1. The van der Waals surface area contributed by atoms with Crippen LogP contribution in [0.3, 0.4) is 0 Å². The van der Waals surface area contributed by atoms with Crippen LogP contribution in [0.25, 0.3) is 0 Å². The second-order valence-corrected chi connectivity index (χ2v) is 6.74. The van der Waals surface area contributed by atoms with Gasteiger partial charge < -0.3 is 4.74 Å². The topological polar surface area (TPSA) is 113 Å². The zero-order chi connectivity index (χ0) is 21.0. The van der Waals surface area contributed by atoms with E-state index in [0.29, 0.717) is 11.1 Å². The Labute approximate surface area is 173 Å². The van der Waals surface area contributed by atoms with Gasteiger partial charge in [-0.1, -0.05) is 60.7 Å². The van der Waals surface area contributed by atoms with Gasteiger partial charge in [0.05, 0.1) is 15.4 Å². The Morgan fingerprint density at radius 1 is 0.828 bits per heavy atom. The molecule has 29 heavy (non-hydrogen) atoms. The van der Waals surface area contributed by atoms with Gasteiger partial charge in [0, 0.05) is 12.1 Å². The first-order valence-corrected chi connectivity index (χ1v) is 9.11. The predicted octanol–water partition coefficient (Wildman–Crippen LogP) is 5.21. The van der Waals surface area contributed by atoms with Crippen LogP contribution in [-0.2, 0) is 4.74 Å². The van der Waals surface area contributed by atoms with E-state index in [9.17, 15) is 25.0 Å². The molecule has 0 fully saturated rings. The summed E-state index contributed by atoms with van der Waals surface area (Å²) in [5, 5.41) is 22.5. The van der Waals surface area contributed by atoms with Gasteiger partial charge >= 0.3 is 5.97 Å². The molecule has 0 atom stereocenters. The van der Waals surface area contributed by atoms with Gasteiger partial charge in [-0.15, -0.1) is 0 Å². The fraction of sp³-hybridized carbons (Fsp3) is 0.0500. The molecule has 0 bridgehead atoms. The number of carbonyl (C=O) groups is 1. The van der Waals surface area contributed by atoms with Crippen molar-refractivity contribution in [1.82, 2.24) is 0 Å². The number of hydrogen-bond donors (Lipinski definition) is 0. The number of nitro benzene ring substituents is 2. The Hall–Kier alpha value is -3.59. The largest absolute Gasteiger partial charge is 0.449 e. The van der Waals surface area contributed by atoms with Crippen LogP contribution in [0.2, 0.25) is 0 Å². The molecular formula is C20H13BrN2O6. The van der Waals surface area contributed by atoms with Crippen molar-refractivity contribution in [1.29, 1.82) is 0 Å². The zero-order valence-electron chi connectivity index (χ0n) is 14.7. The van der Waals surface area contributed by atoms with Crippen molar-refractivity contribution in [3.8, 4) is 0 Å². The van der Waals surface area contributed by atoms with E-state index in [0.717, 1.165) is 12.1 Å². The lowest BCUT2D eigenvalue weighted by atomic mass is 10.0. The predicted molar refractivity (Wildman–Crippen MR) is 108 cm³/mol. The minimum absolute atomic E-state index is 0.288. The second kappa shape index (κ2) is 8.61. The van der Waals surface area contributed by atoms with Crippen molar-refractivity contribution < 1.29 is 19.4 Å². The third-order valence-corrected chi connectivity index (χ3v) is 4.91. The number of carbonyl (C=O) groups excluding carboxylic acids is 1. The zero-order valence-corrected chi connectivity index (χ0v) is 16.3. The van der Waals surface area contributed by atoms with Gasteiger partial charge in [-0.25, -0.2) is 4.79 Å². The summed E-state index contributed by atoms with van der Waals surface area (Å²) in [5.41, 5.74) is -0.103. The Bertz CT molecular complexity index is 998. The monoisotopic (exact) mass is 456 g/mol. The van der Waals surface area contributed by atoms with Crippen LogP contribution in [0.15, 0.2) is 77.3 Å². The van der Waals surface area contributed by atoms with E-state index in [1.54, 1.807) is 48.5 Å². The summed E-state index contributed by atoms with van der Waals surface area (Å²) in [5.74, 6) is -0.915. The van der Waals surface area contributed by atoms with Crippen LogP contribution in [-0.4, -0.2) is 15.8 Å². The molecule has 0 saturated heterocycles. The molecule has 8 nitrogen and oxygen atoms in total. The highest BCUT2D eigenvalue weighted by atomic mass is 79.9. The summed E-state index contributed by atoms with van der Waals surface area (Å²) in [6.45, 7) is 0. The van der Waals surface area contributed by atoms with Gasteiger partial charge in [0.25, 0.3) is 11.4 Å². The van der Waals surface area contributed by atoms with Gasteiger partial charge in [-0.2, -0.15) is 0 Å². The van der Waals surface area contributed by atoms with Gasteiger partial charge in [0.1, 0.15) is 0 Å². The summed E-state index contributed by atoms with van der Waals surface area (Å²) in [6.07, 6.45) is -0.786. The molecule has 0 radical (unpaired) electrons. The van der Waals surface area contributed by atoms with Crippen LogP contribution in [0, 0.1) is 20.2 Å². The Morgan fingerprint density at radius 3 is 1.62 bits per heavy atom. The first-order valence-electron chi connectivity index (χ1n) is 8.31. The van der Waals surface area contributed by atoms with E-state index in [4.69, 9.17) is 4.74 Å². The van der Waals surface area contributed by atoms with Crippen molar-refractivity contribution in [3.05, 3.63) is 114 Å². The molecule has 0 aliphatic heterocycles. The lowest BCUT2D eigenvalue weighted by molar-refractivity contribution is -0.395. The van der Waals surface area contributed by atoms with Crippen LogP contribution in [0.4, 0.5) is 11.4 Å². The maximum absolute atomic E-state index is 12.8. The molecule has 0 spiro atoms. The molecule has 0 aromatic heterocycles. The van der Waals surface area contributed by atoms with Crippen LogP contribution in [0.1, 0.15) is 27.6 Å². The Balaban J connectivity index is 2.03. The van der Waals surface area contributed by atoms with Crippen molar-refractivity contribution in [2.24, 2.45) is 0 Å². The fourth-order valence-electron chi connectivity index (χ4n) is 2.74. The number of halogens is 1. The van der Waals surface area contributed by atoms with Gasteiger partial charge in [-0.3, -0.25) is 20.2 Å². The lowest BCUT2D eigenvalue weighted by Crippen LogP contribution is -2.13. The molecule has 3 aromatic carbocycles. The molecule has 0 unspecified atom stereocenters. The maximum atomic E-state index is 12.8. The number of hydrogen-bond acceptors (Lipinski definition) is 6. The SMILES string of the molecule is O=C(OC(c1ccccc1)c1ccccc1)c1cc([N+](=O)[O-])c(Br)c([N+](=O)[O-])c1. The number of nitro groups is 2. The van der Waals surface area contributed by atoms with E-state index < -0.39 is 33.3 Å². The molecule has 3 aromatic rings. The molecule has 0 N–H and O–H groups in total. The van der Waals surface area contributed by atoms with Crippen LogP contribution < -0.4 is 0 Å². The highest BCUT2D eigenvalue weighted by Gasteiger charge is 2.29. The normalized spacial score (nSPS) is 10.6. The van der Waals surface area contributed by atoms with Crippen molar-refractivity contribution >= 4 is 33.3 Å². The lowest BCUT2D eigenvalue weighted by Gasteiger charge is -2.19. The molecule has 3 rings (SSSR count). The van der Waals surface area contributed by atoms with Crippen molar-refractivity contribution in [3.63, 3.8) is 0 Å². The first kappa shape index (κ1) is 20.2. The molecule has 0 aliphatic rings. The average molecular weight is 457 g/mol. The van der Waals surface area contributed by atoms with Gasteiger partial charge in [0.15, 0.2) is 10.6 Å². The Kier molecular flexibility index (Phi) is 5.99. The van der Waals surface area contributed by atoms with E-state index in [1.165, 1.54) is 0 Å². The van der Waals surface area contributed by atoms with Crippen molar-refractivity contribution in [2.45, 2.75) is 6.10 Å². The van der Waals surface area contributed by atoms with Gasteiger partial charge in [-0.05, 0) is 27.1 Å². The Morgan fingerprint density at radius 2 is 1.24 bits per heavy atom.